The standard InChI is InChI=1S/C16H18FNO3/c1-5-11-6-7-14(13(17)8-11)20-12-9-18(10-12)15(19)21-16(2,3)4/h1,6-8,12H,9-10H2,2-4H3. The van der Waals surface area contributed by atoms with Crippen LogP contribution < -0.4 is 4.74 Å². The molecule has 1 aliphatic heterocycles. The fourth-order valence-electron chi connectivity index (χ4n) is 1.85. The first-order valence-electron chi connectivity index (χ1n) is 6.69. The third-order valence-electron chi connectivity index (χ3n) is 2.89. The molecule has 1 aliphatic rings. The van der Waals surface area contributed by atoms with E-state index in [4.69, 9.17) is 15.9 Å². The molecule has 4 nitrogen and oxygen atoms in total. The summed E-state index contributed by atoms with van der Waals surface area (Å²) >= 11 is 0. The van der Waals surface area contributed by atoms with Crippen LogP contribution in [0.4, 0.5) is 9.18 Å². The molecular formula is C16H18FNO3. The van der Waals surface area contributed by atoms with Gasteiger partial charge in [0.1, 0.15) is 11.7 Å². The second-order valence-corrected chi connectivity index (χ2v) is 5.91. The lowest BCUT2D eigenvalue weighted by molar-refractivity contribution is -0.0229. The molecule has 0 radical (unpaired) electrons. The summed E-state index contributed by atoms with van der Waals surface area (Å²) < 4.78 is 24.4. The van der Waals surface area contributed by atoms with Gasteiger partial charge in [-0.3, -0.25) is 0 Å². The van der Waals surface area contributed by atoms with Crippen molar-refractivity contribution in [3.63, 3.8) is 0 Å². The zero-order valence-corrected chi connectivity index (χ0v) is 12.4. The van der Waals surface area contributed by atoms with Gasteiger partial charge in [-0.15, -0.1) is 6.42 Å². The average Bonchev–Trinajstić information content (AvgIpc) is 2.32. The molecule has 1 aromatic rings. The lowest BCUT2D eigenvalue weighted by atomic mass is 10.1. The normalized spacial score (nSPS) is 15.1. The maximum absolute atomic E-state index is 13.7. The van der Waals surface area contributed by atoms with Gasteiger partial charge in [0, 0.05) is 5.56 Å². The summed E-state index contributed by atoms with van der Waals surface area (Å²) in [6.07, 6.45) is 4.58. The van der Waals surface area contributed by atoms with Crippen molar-refractivity contribution in [3.8, 4) is 18.1 Å². The van der Waals surface area contributed by atoms with Crippen LogP contribution >= 0.6 is 0 Å². The van der Waals surface area contributed by atoms with Crippen molar-refractivity contribution < 1.29 is 18.7 Å². The van der Waals surface area contributed by atoms with E-state index in [1.54, 1.807) is 26.8 Å². The van der Waals surface area contributed by atoms with Gasteiger partial charge in [0.05, 0.1) is 13.1 Å². The van der Waals surface area contributed by atoms with Gasteiger partial charge in [0.15, 0.2) is 11.6 Å². The summed E-state index contributed by atoms with van der Waals surface area (Å²) in [5.74, 6) is 2.00. The SMILES string of the molecule is C#Cc1ccc(OC2CN(C(=O)OC(C)(C)C)C2)c(F)c1. The minimum Gasteiger partial charge on any atom is -0.484 e. The highest BCUT2D eigenvalue weighted by atomic mass is 19.1. The summed E-state index contributed by atoms with van der Waals surface area (Å²) in [6, 6.07) is 4.36. The topological polar surface area (TPSA) is 38.8 Å². The molecular weight excluding hydrogens is 273 g/mol. The number of hydrogen-bond donors (Lipinski definition) is 0. The van der Waals surface area contributed by atoms with Crippen LogP contribution in [0.3, 0.4) is 0 Å². The van der Waals surface area contributed by atoms with Crippen LogP contribution in [0.1, 0.15) is 26.3 Å². The van der Waals surface area contributed by atoms with Crippen LogP contribution in [0.5, 0.6) is 5.75 Å². The molecule has 1 amide bonds. The van der Waals surface area contributed by atoms with E-state index in [-0.39, 0.29) is 17.9 Å². The number of likely N-dealkylation sites (tertiary alicyclic amines) is 1. The van der Waals surface area contributed by atoms with E-state index in [1.165, 1.54) is 17.0 Å². The molecule has 1 heterocycles. The van der Waals surface area contributed by atoms with Crippen LogP contribution in [0.15, 0.2) is 18.2 Å². The number of rotatable bonds is 2. The van der Waals surface area contributed by atoms with Crippen molar-refractivity contribution in [2.24, 2.45) is 0 Å². The highest BCUT2D eigenvalue weighted by Gasteiger charge is 2.35. The van der Waals surface area contributed by atoms with Gasteiger partial charge >= 0.3 is 6.09 Å². The van der Waals surface area contributed by atoms with Crippen molar-refractivity contribution >= 4 is 6.09 Å². The highest BCUT2D eigenvalue weighted by Crippen LogP contribution is 2.23. The predicted molar refractivity (Wildman–Crippen MR) is 76.6 cm³/mol. The number of hydrogen-bond acceptors (Lipinski definition) is 3. The van der Waals surface area contributed by atoms with E-state index in [0.29, 0.717) is 18.7 Å². The Morgan fingerprint density at radius 3 is 2.62 bits per heavy atom. The van der Waals surface area contributed by atoms with Gasteiger partial charge in [-0.25, -0.2) is 9.18 Å². The number of carbonyl (C=O) groups is 1. The Morgan fingerprint density at radius 2 is 2.10 bits per heavy atom. The van der Waals surface area contributed by atoms with Gasteiger partial charge in [-0.05, 0) is 39.0 Å². The van der Waals surface area contributed by atoms with E-state index >= 15 is 0 Å². The Hall–Kier alpha value is -2.22. The third kappa shape index (κ3) is 3.88. The largest absolute Gasteiger partial charge is 0.484 e. The molecule has 0 spiro atoms. The zero-order valence-electron chi connectivity index (χ0n) is 12.4. The van der Waals surface area contributed by atoms with Gasteiger partial charge in [0.25, 0.3) is 0 Å². The van der Waals surface area contributed by atoms with Crippen LogP contribution in [0.25, 0.3) is 0 Å². The number of nitrogens with zero attached hydrogens (tertiary/aromatic N) is 1. The molecule has 0 aliphatic carbocycles. The molecule has 1 fully saturated rings. The molecule has 112 valence electrons. The van der Waals surface area contributed by atoms with Crippen molar-refractivity contribution in [2.75, 3.05) is 13.1 Å². The average molecular weight is 291 g/mol. The van der Waals surface area contributed by atoms with E-state index < -0.39 is 11.4 Å². The first-order valence-corrected chi connectivity index (χ1v) is 6.69. The number of carbonyl (C=O) groups excluding carboxylic acids is 1. The number of benzene rings is 1. The molecule has 0 bridgehead atoms. The van der Waals surface area contributed by atoms with Gasteiger partial charge < -0.3 is 14.4 Å². The number of ether oxygens (including phenoxy) is 2. The fraction of sp³-hybridized carbons (Fsp3) is 0.438. The number of amides is 1. The minimum absolute atomic E-state index is 0.142. The van der Waals surface area contributed by atoms with Crippen molar-refractivity contribution in [2.45, 2.75) is 32.5 Å². The van der Waals surface area contributed by atoms with E-state index in [0.717, 1.165) is 0 Å². The lowest BCUT2D eigenvalue weighted by Crippen LogP contribution is -2.57. The molecule has 0 aromatic heterocycles. The van der Waals surface area contributed by atoms with Gasteiger partial charge in [0.2, 0.25) is 0 Å². The predicted octanol–water partition coefficient (Wildman–Crippen LogP) is 2.81. The molecule has 0 N–H and O–H groups in total. The van der Waals surface area contributed by atoms with Crippen molar-refractivity contribution in [1.29, 1.82) is 0 Å². The smallest absolute Gasteiger partial charge is 0.410 e. The monoisotopic (exact) mass is 291 g/mol. The molecule has 1 saturated heterocycles. The van der Waals surface area contributed by atoms with E-state index in [1.807, 2.05) is 0 Å². The molecule has 0 unspecified atom stereocenters. The molecule has 1 aromatic carbocycles. The van der Waals surface area contributed by atoms with Crippen LogP contribution in [0, 0.1) is 18.2 Å². The summed E-state index contributed by atoms with van der Waals surface area (Å²) in [5.41, 5.74) is -0.0657. The first-order chi connectivity index (χ1) is 9.78. The third-order valence-corrected chi connectivity index (χ3v) is 2.89. The van der Waals surface area contributed by atoms with Crippen molar-refractivity contribution in [3.05, 3.63) is 29.6 Å². The Balaban J connectivity index is 1.86. The summed E-state index contributed by atoms with van der Waals surface area (Å²) in [6.45, 7) is 6.18. The van der Waals surface area contributed by atoms with Gasteiger partial charge in [-0.2, -0.15) is 0 Å². The molecule has 21 heavy (non-hydrogen) atoms. The second kappa shape index (κ2) is 5.65. The summed E-state index contributed by atoms with van der Waals surface area (Å²) in [7, 11) is 0. The summed E-state index contributed by atoms with van der Waals surface area (Å²) in [5, 5.41) is 0. The van der Waals surface area contributed by atoms with Crippen LogP contribution in [-0.2, 0) is 4.74 Å². The molecule has 5 heteroatoms. The zero-order chi connectivity index (χ0) is 15.6. The fourth-order valence-corrected chi connectivity index (χ4v) is 1.85. The van der Waals surface area contributed by atoms with E-state index in [9.17, 15) is 9.18 Å². The quantitative estimate of drug-likeness (QED) is 0.787. The Morgan fingerprint density at radius 1 is 1.43 bits per heavy atom. The molecule has 2 rings (SSSR count). The van der Waals surface area contributed by atoms with Crippen molar-refractivity contribution in [1.82, 2.24) is 4.90 Å². The number of halogens is 1. The first kappa shape index (κ1) is 15.2. The minimum atomic E-state index is -0.528. The maximum Gasteiger partial charge on any atom is 0.410 e. The van der Waals surface area contributed by atoms with E-state index in [2.05, 4.69) is 5.92 Å². The highest BCUT2D eigenvalue weighted by molar-refractivity contribution is 5.69. The molecule has 0 saturated carbocycles. The Labute approximate surface area is 123 Å². The maximum atomic E-state index is 13.7. The van der Waals surface area contributed by atoms with Gasteiger partial charge in [-0.1, -0.05) is 5.92 Å². The summed E-state index contributed by atoms with van der Waals surface area (Å²) in [4.78, 5) is 13.3. The second-order valence-electron chi connectivity index (χ2n) is 5.91. The van der Waals surface area contributed by atoms with Crippen LogP contribution in [-0.4, -0.2) is 35.8 Å². The Kier molecular flexibility index (Phi) is 4.08. The molecule has 0 atom stereocenters. The van der Waals surface area contributed by atoms with Crippen LogP contribution in [0.2, 0.25) is 0 Å². The Bertz CT molecular complexity index is 580. The lowest BCUT2D eigenvalue weighted by Gasteiger charge is -2.39. The number of terminal acetylenes is 1.